The van der Waals surface area contributed by atoms with E-state index in [4.69, 9.17) is 11.6 Å². The maximum Gasteiger partial charge on any atom is 0.246 e. The van der Waals surface area contributed by atoms with Crippen molar-refractivity contribution in [3.63, 3.8) is 0 Å². The van der Waals surface area contributed by atoms with E-state index >= 15 is 0 Å². The van der Waals surface area contributed by atoms with Gasteiger partial charge in [0.1, 0.15) is 6.33 Å². The fourth-order valence-corrected chi connectivity index (χ4v) is 4.79. The minimum absolute atomic E-state index is 0.0394. The normalized spacial score (nSPS) is 16.2. The molecule has 1 atom stereocenters. The summed E-state index contributed by atoms with van der Waals surface area (Å²) >= 11 is 7.83. The van der Waals surface area contributed by atoms with Gasteiger partial charge in [-0.15, -0.1) is 11.3 Å². The molecule has 1 aromatic carbocycles. The number of carbonyl (C=O) groups excluding carboxylic acids is 1. The van der Waals surface area contributed by atoms with Crippen molar-refractivity contribution < 1.29 is 4.79 Å². The highest BCUT2D eigenvalue weighted by Crippen LogP contribution is 2.42. The van der Waals surface area contributed by atoms with Crippen LogP contribution in [0.15, 0.2) is 61.6 Å². The Kier molecular flexibility index (Phi) is 4.57. The van der Waals surface area contributed by atoms with E-state index in [-0.39, 0.29) is 11.8 Å². The Hall–Kier alpha value is -2.50. The van der Waals surface area contributed by atoms with Crippen LogP contribution in [-0.4, -0.2) is 27.3 Å². The van der Waals surface area contributed by atoms with Gasteiger partial charge in [-0.05, 0) is 29.3 Å². The first-order chi connectivity index (χ1) is 12.7. The quantitative estimate of drug-likeness (QED) is 0.626. The number of fused-ring (bicyclic) bond motifs is 1. The fourth-order valence-electron chi connectivity index (χ4n) is 3.43. The molecule has 0 N–H and O–H groups in total. The van der Waals surface area contributed by atoms with Crippen molar-refractivity contribution in [2.75, 3.05) is 6.54 Å². The highest BCUT2D eigenvalue weighted by Gasteiger charge is 2.31. The molecule has 0 bridgehead atoms. The highest BCUT2D eigenvalue weighted by atomic mass is 35.5. The Balaban J connectivity index is 1.84. The van der Waals surface area contributed by atoms with E-state index in [9.17, 15) is 4.79 Å². The lowest BCUT2D eigenvalue weighted by atomic mass is 9.85. The number of rotatable bonds is 3. The molecule has 0 fully saturated rings. The molecule has 3 heterocycles. The molecule has 0 saturated heterocycles. The van der Waals surface area contributed by atoms with Crippen LogP contribution in [0.2, 0.25) is 4.34 Å². The average Bonchev–Trinajstić information content (AvgIpc) is 3.07. The van der Waals surface area contributed by atoms with Crippen LogP contribution in [0.25, 0.3) is 11.3 Å². The minimum Gasteiger partial charge on any atom is -0.333 e. The molecule has 0 aliphatic carbocycles. The van der Waals surface area contributed by atoms with E-state index in [0.717, 1.165) is 26.0 Å². The molecule has 0 spiro atoms. The lowest BCUT2D eigenvalue weighted by Crippen LogP contribution is -2.37. The first kappa shape index (κ1) is 16.9. The molecular formula is C20H16ClN3OS. The second-order valence-electron chi connectivity index (χ2n) is 6.09. The van der Waals surface area contributed by atoms with Gasteiger partial charge in [0.05, 0.1) is 16.6 Å². The summed E-state index contributed by atoms with van der Waals surface area (Å²) in [5.74, 6) is -0.0257. The molecule has 0 saturated carbocycles. The van der Waals surface area contributed by atoms with E-state index in [2.05, 4.69) is 28.7 Å². The van der Waals surface area contributed by atoms with Crippen molar-refractivity contribution in [3.8, 4) is 11.3 Å². The monoisotopic (exact) mass is 381 g/mol. The largest absolute Gasteiger partial charge is 0.333 e. The van der Waals surface area contributed by atoms with Crippen LogP contribution >= 0.6 is 22.9 Å². The third-order valence-corrected chi connectivity index (χ3v) is 5.87. The number of nitrogens with zero attached hydrogens (tertiary/aromatic N) is 3. The number of thiophene rings is 1. The molecule has 1 aliphatic heterocycles. The van der Waals surface area contributed by atoms with Crippen molar-refractivity contribution in [2.24, 2.45) is 0 Å². The molecular weight excluding hydrogens is 366 g/mol. The van der Waals surface area contributed by atoms with Gasteiger partial charge < -0.3 is 4.90 Å². The van der Waals surface area contributed by atoms with Crippen molar-refractivity contribution in [3.05, 3.63) is 81.9 Å². The number of carbonyl (C=O) groups is 1. The highest BCUT2D eigenvalue weighted by molar-refractivity contribution is 7.16. The van der Waals surface area contributed by atoms with Gasteiger partial charge in [-0.2, -0.15) is 0 Å². The summed E-state index contributed by atoms with van der Waals surface area (Å²) in [6, 6.07) is 12.1. The summed E-state index contributed by atoms with van der Waals surface area (Å²) < 4.78 is 0.743. The second-order valence-corrected chi connectivity index (χ2v) is 7.85. The molecule has 0 radical (unpaired) electrons. The molecule has 0 unspecified atom stereocenters. The van der Waals surface area contributed by atoms with Gasteiger partial charge in [-0.3, -0.25) is 4.79 Å². The van der Waals surface area contributed by atoms with Crippen LogP contribution in [0.4, 0.5) is 0 Å². The number of hydrogen-bond donors (Lipinski definition) is 0. The zero-order valence-electron chi connectivity index (χ0n) is 13.9. The van der Waals surface area contributed by atoms with Crippen molar-refractivity contribution in [1.82, 2.24) is 14.9 Å². The summed E-state index contributed by atoms with van der Waals surface area (Å²) in [5.41, 5.74) is 4.23. The van der Waals surface area contributed by atoms with E-state index < -0.39 is 0 Å². The maximum atomic E-state index is 12.3. The number of amides is 1. The summed E-state index contributed by atoms with van der Waals surface area (Å²) in [7, 11) is 0. The van der Waals surface area contributed by atoms with Gasteiger partial charge >= 0.3 is 0 Å². The Labute approximate surface area is 160 Å². The van der Waals surface area contributed by atoms with Crippen molar-refractivity contribution in [2.45, 2.75) is 12.5 Å². The zero-order valence-corrected chi connectivity index (χ0v) is 15.5. The van der Waals surface area contributed by atoms with Crippen LogP contribution in [0.3, 0.4) is 0 Å². The molecule has 130 valence electrons. The maximum absolute atomic E-state index is 12.3. The first-order valence-electron chi connectivity index (χ1n) is 8.22. The van der Waals surface area contributed by atoms with Gasteiger partial charge in [0.15, 0.2) is 0 Å². The Morgan fingerprint density at radius 1 is 1.31 bits per heavy atom. The van der Waals surface area contributed by atoms with E-state index in [0.29, 0.717) is 13.1 Å². The molecule has 26 heavy (non-hydrogen) atoms. The smallest absolute Gasteiger partial charge is 0.246 e. The van der Waals surface area contributed by atoms with E-state index in [1.165, 1.54) is 23.0 Å². The third-order valence-electron chi connectivity index (χ3n) is 4.60. The molecule has 4 nitrogen and oxygen atoms in total. The number of aromatic nitrogens is 2. The number of hydrogen-bond acceptors (Lipinski definition) is 4. The lowest BCUT2D eigenvalue weighted by molar-refractivity contribution is -0.127. The summed E-state index contributed by atoms with van der Waals surface area (Å²) in [6.07, 6.45) is 4.65. The van der Waals surface area contributed by atoms with Gasteiger partial charge in [0, 0.05) is 29.1 Å². The van der Waals surface area contributed by atoms with Crippen LogP contribution in [-0.2, 0) is 11.3 Å². The lowest BCUT2D eigenvalue weighted by Gasteiger charge is -2.33. The SMILES string of the molecule is C=CC(=O)N1Cc2sc(Cl)cc2[C@@H](c2ccccc2-c2ccncn2)C1. The first-order valence-corrected chi connectivity index (χ1v) is 9.41. The number of halogens is 1. The molecule has 4 rings (SSSR count). The van der Waals surface area contributed by atoms with Crippen LogP contribution in [0.5, 0.6) is 0 Å². The van der Waals surface area contributed by atoms with Gasteiger partial charge in [0.25, 0.3) is 0 Å². The molecule has 6 heteroatoms. The topological polar surface area (TPSA) is 46.1 Å². The molecule has 1 amide bonds. The zero-order chi connectivity index (χ0) is 18.1. The predicted octanol–water partition coefficient (Wildman–Crippen LogP) is 4.52. The Bertz CT molecular complexity index is 970. The van der Waals surface area contributed by atoms with Crippen LogP contribution < -0.4 is 0 Å². The number of benzene rings is 1. The average molecular weight is 382 g/mol. The van der Waals surface area contributed by atoms with Crippen molar-refractivity contribution >= 4 is 28.8 Å². The van der Waals surface area contributed by atoms with Crippen molar-refractivity contribution in [1.29, 1.82) is 0 Å². The van der Waals surface area contributed by atoms with E-state index in [1.54, 1.807) is 12.5 Å². The standard InChI is InChI=1S/C20H16ClN3OS/c1-2-20(25)24-10-16(15-9-19(21)26-18(15)11-24)13-5-3-4-6-14(13)17-7-8-22-12-23-17/h2-9,12,16H,1,10-11H2/t16-/m1/s1. The molecule has 1 aliphatic rings. The summed E-state index contributed by atoms with van der Waals surface area (Å²) in [5, 5.41) is 0. The van der Waals surface area contributed by atoms with E-state index in [1.807, 2.05) is 29.2 Å². The molecule has 3 aromatic rings. The minimum atomic E-state index is -0.0651. The second kappa shape index (κ2) is 7.02. The van der Waals surface area contributed by atoms with Crippen LogP contribution in [0.1, 0.15) is 21.9 Å². The van der Waals surface area contributed by atoms with Gasteiger partial charge in [-0.25, -0.2) is 9.97 Å². The Morgan fingerprint density at radius 3 is 2.92 bits per heavy atom. The predicted molar refractivity (Wildman–Crippen MR) is 104 cm³/mol. The third kappa shape index (κ3) is 3.04. The summed E-state index contributed by atoms with van der Waals surface area (Å²) in [4.78, 5) is 23.6. The fraction of sp³-hybridized carbons (Fsp3) is 0.150. The van der Waals surface area contributed by atoms with Gasteiger partial charge in [0.2, 0.25) is 5.91 Å². The Morgan fingerprint density at radius 2 is 2.15 bits per heavy atom. The molecule has 2 aromatic heterocycles. The van der Waals surface area contributed by atoms with Crippen LogP contribution in [0, 0.1) is 0 Å². The van der Waals surface area contributed by atoms with Gasteiger partial charge in [-0.1, -0.05) is 42.4 Å². The summed E-state index contributed by atoms with van der Waals surface area (Å²) in [6.45, 7) is 4.79.